The van der Waals surface area contributed by atoms with Crippen molar-refractivity contribution in [1.29, 1.82) is 0 Å². The van der Waals surface area contributed by atoms with Crippen LogP contribution in [0.5, 0.6) is 11.5 Å². The van der Waals surface area contributed by atoms with Crippen LogP contribution < -0.4 is 9.47 Å². The molecule has 10 atom stereocenters. The molecule has 1 N–H and O–H groups in total. The van der Waals surface area contributed by atoms with Gasteiger partial charge < -0.3 is 52.5 Å². The first-order valence-corrected chi connectivity index (χ1v) is 20.1. The number of halogens is 1. The van der Waals surface area contributed by atoms with Gasteiger partial charge in [-0.25, -0.2) is 4.79 Å². The molecule has 18 heteroatoms. The topological polar surface area (TPSA) is 212 Å². The van der Waals surface area contributed by atoms with Gasteiger partial charge in [0.15, 0.2) is 12.4 Å². The van der Waals surface area contributed by atoms with Gasteiger partial charge in [-0.05, 0) is 53.1 Å². The van der Waals surface area contributed by atoms with Gasteiger partial charge in [0.1, 0.15) is 67.2 Å². The number of hydrogen-bond donors (Lipinski definition) is 1. The third-order valence-electron chi connectivity index (χ3n) is 9.81. The maximum atomic E-state index is 13.9. The van der Waals surface area contributed by atoms with Crippen molar-refractivity contribution in [2.45, 2.75) is 81.5 Å². The number of hydrogen-bond acceptors (Lipinski definition) is 15. The number of esters is 3. The Labute approximate surface area is 362 Å². The Morgan fingerprint density at radius 1 is 0.726 bits per heavy atom. The maximum absolute atomic E-state index is 13.9. The van der Waals surface area contributed by atoms with Crippen LogP contribution in [-0.2, 0) is 60.7 Å². The molecular weight excluding hydrogens is 830 g/mol. The lowest BCUT2D eigenvalue weighted by molar-refractivity contribution is -0.343. The number of alkyl halides is 1. The lowest BCUT2D eigenvalue weighted by Crippen LogP contribution is -2.66. The average Bonchev–Trinajstić information content (AvgIpc) is 3.30. The fourth-order valence-electron chi connectivity index (χ4n) is 6.77. The second-order valence-electron chi connectivity index (χ2n) is 14.0. The van der Waals surface area contributed by atoms with Crippen molar-refractivity contribution in [3.05, 3.63) is 142 Å². The second-order valence-corrected chi connectivity index (χ2v) is 14.3. The minimum absolute atomic E-state index is 0.0265. The molecule has 0 amide bonds. The molecule has 0 aromatic heterocycles. The minimum Gasteiger partial charge on any atom is -0.497 e. The Balaban J connectivity index is 1.43. The summed E-state index contributed by atoms with van der Waals surface area (Å²) < 4.78 is 61.0. The lowest BCUT2D eigenvalue weighted by Gasteiger charge is -2.48. The summed E-state index contributed by atoms with van der Waals surface area (Å²) in [6.45, 7) is 0.176. The normalized spacial score (nSPS) is 25.7. The number of aliphatic hydroxyl groups excluding tert-OH is 1. The van der Waals surface area contributed by atoms with Crippen molar-refractivity contribution in [3.8, 4) is 11.5 Å². The number of rotatable bonds is 19. The zero-order valence-corrected chi connectivity index (χ0v) is 34.5. The van der Waals surface area contributed by atoms with E-state index in [-0.39, 0.29) is 24.5 Å². The highest BCUT2D eigenvalue weighted by molar-refractivity contribution is 6.26. The van der Waals surface area contributed by atoms with Crippen LogP contribution in [0.15, 0.2) is 120 Å². The van der Waals surface area contributed by atoms with Crippen LogP contribution in [-0.4, -0.2) is 111 Å². The summed E-state index contributed by atoms with van der Waals surface area (Å²) in [5.41, 5.74) is 11.5. The Kier molecular flexibility index (Phi) is 16.9. The van der Waals surface area contributed by atoms with Crippen molar-refractivity contribution >= 4 is 29.5 Å². The van der Waals surface area contributed by atoms with Crippen LogP contribution in [0.3, 0.4) is 0 Å². The number of benzene rings is 4. The molecule has 0 spiro atoms. The number of carbonyl (C=O) groups excluding carboxylic acids is 3. The molecule has 6 rings (SSSR count). The standard InChI is InChI=1S/C44H46ClN3O14/c1-27(49)54-25-33-37(51)39(56-23-28-12-6-3-7-13-28)36(47-48-46)43(59-33)62-38-34(26-55-35(50)22-45)60-44(58-32-20-18-31(53-2)19-21-32)41(61-42(52)30-16-10-5-11-17-30)40(38)57-24-29-14-8-4-9-15-29/h3-21,33-34,36-41,43-44,51H,22-26H2,1-2H3/t33-,34-,36-,37-,38-,39-,40+,41-,43-,44-/m1/s1. The van der Waals surface area contributed by atoms with E-state index < -0.39 is 98.4 Å². The molecule has 4 aromatic rings. The third kappa shape index (κ3) is 12.4. The van der Waals surface area contributed by atoms with Crippen LogP contribution in [0.1, 0.15) is 28.4 Å². The molecule has 2 saturated heterocycles. The van der Waals surface area contributed by atoms with Crippen molar-refractivity contribution in [3.63, 3.8) is 0 Å². The van der Waals surface area contributed by atoms with Gasteiger partial charge in [0.25, 0.3) is 0 Å². The fourth-order valence-corrected chi connectivity index (χ4v) is 6.85. The summed E-state index contributed by atoms with van der Waals surface area (Å²) in [5.74, 6) is -1.87. The van der Waals surface area contributed by atoms with Gasteiger partial charge in [-0.15, -0.1) is 11.6 Å². The fraction of sp³-hybridized carbons (Fsp3) is 0.386. The van der Waals surface area contributed by atoms with Crippen molar-refractivity contribution < 1.29 is 66.9 Å². The lowest BCUT2D eigenvalue weighted by atomic mass is 9.95. The van der Waals surface area contributed by atoms with E-state index in [4.69, 9.17) is 59.0 Å². The molecule has 0 unspecified atom stereocenters. The smallest absolute Gasteiger partial charge is 0.338 e. The van der Waals surface area contributed by atoms with Gasteiger partial charge in [-0.1, -0.05) is 84.0 Å². The molecule has 2 heterocycles. The molecule has 62 heavy (non-hydrogen) atoms. The molecular formula is C44H46ClN3O14. The highest BCUT2D eigenvalue weighted by Crippen LogP contribution is 2.36. The average molecular weight is 876 g/mol. The molecule has 0 bridgehead atoms. The Morgan fingerprint density at radius 2 is 1.29 bits per heavy atom. The number of methoxy groups -OCH3 is 1. The first-order chi connectivity index (χ1) is 30.2. The number of carbonyl (C=O) groups is 3. The predicted molar refractivity (Wildman–Crippen MR) is 219 cm³/mol. The quantitative estimate of drug-likeness (QED) is 0.0300. The van der Waals surface area contributed by atoms with Gasteiger partial charge in [0, 0.05) is 11.8 Å². The Morgan fingerprint density at radius 3 is 1.87 bits per heavy atom. The van der Waals surface area contributed by atoms with E-state index in [1.54, 1.807) is 66.7 Å². The Hall–Kier alpha value is -5.75. The van der Waals surface area contributed by atoms with E-state index in [1.165, 1.54) is 14.0 Å². The van der Waals surface area contributed by atoms with Gasteiger partial charge in [-0.3, -0.25) is 9.59 Å². The summed E-state index contributed by atoms with van der Waals surface area (Å²) in [5, 5.41) is 15.6. The molecule has 2 aliphatic rings. The van der Waals surface area contributed by atoms with E-state index >= 15 is 0 Å². The predicted octanol–water partition coefficient (Wildman–Crippen LogP) is 5.69. The first-order valence-electron chi connectivity index (χ1n) is 19.6. The first kappa shape index (κ1) is 45.8. The molecule has 4 aromatic carbocycles. The number of azide groups is 1. The summed E-state index contributed by atoms with van der Waals surface area (Å²) in [4.78, 5) is 41.5. The highest BCUT2D eigenvalue weighted by atomic mass is 35.5. The molecule has 0 aliphatic carbocycles. The van der Waals surface area contributed by atoms with Crippen LogP contribution in [0, 0.1) is 0 Å². The summed E-state index contributed by atoms with van der Waals surface area (Å²) in [7, 11) is 1.51. The van der Waals surface area contributed by atoms with Crippen molar-refractivity contribution in [1.82, 2.24) is 0 Å². The van der Waals surface area contributed by atoms with Crippen LogP contribution in [0.4, 0.5) is 0 Å². The van der Waals surface area contributed by atoms with Gasteiger partial charge in [0.2, 0.25) is 6.29 Å². The third-order valence-corrected chi connectivity index (χ3v) is 10.0. The number of aliphatic hydroxyl groups is 1. The minimum atomic E-state index is -1.58. The van der Waals surface area contributed by atoms with Crippen molar-refractivity contribution in [2.24, 2.45) is 5.11 Å². The summed E-state index contributed by atoms with van der Waals surface area (Å²) in [6.07, 6.45) is -12.5. The largest absolute Gasteiger partial charge is 0.497 e. The van der Waals surface area contributed by atoms with E-state index in [9.17, 15) is 25.0 Å². The van der Waals surface area contributed by atoms with E-state index in [0.717, 1.165) is 11.1 Å². The van der Waals surface area contributed by atoms with Crippen molar-refractivity contribution in [2.75, 3.05) is 26.2 Å². The molecule has 17 nitrogen and oxygen atoms in total. The zero-order valence-electron chi connectivity index (χ0n) is 33.8. The van der Waals surface area contributed by atoms with E-state index in [1.807, 2.05) is 48.5 Å². The Bertz CT molecular complexity index is 2080. The summed E-state index contributed by atoms with van der Waals surface area (Å²) >= 11 is 5.83. The van der Waals surface area contributed by atoms with Gasteiger partial charge in [-0.2, -0.15) is 0 Å². The van der Waals surface area contributed by atoms with Gasteiger partial charge in [0.05, 0.1) is 32.0 Å². The number of ether oxygens (including phenoxy) is 10. The molecule has 0 radical (unpaired) electrons. The van der Waals surface area contributed by atoms with Crippen LogP contribution in [0.2, 0.25) is 0 Å². The molecule has 0 saturated carbocycles. The summed E-state index contributed by atoms with van der Waals surface area (Å²) in [6, 6.07) is 31.5. The van der Waals surface area contributed by atoms with Gasteiger partial charge >= 0.3 is 17.9 Å². The van der Waals surface area contributed by atoms with Crippen LogP contribution >= 0.6 is 11.6 Å². The zero-order chi connectivity index (χ0) is 43.8. The van der Waals surface area contributed by atoms with E-state index in [2.05, 4.69) is 10.0 Å². The molecule has 328 valence electrons. The van der Waals surface area contributed by atoms with E-state index in [0.29, 0.717) is 5.75 Å². The second kappa shape index (κ2) is 22.9. The molecule has 2 fully saturated rings. The monoisotopic (exact) mass is 875 g/mol. The van der Waals surface area contributed by atoms with Crippen LogP contribution in [0.25, 0.3) is 10.4 Å². The SMILES string of the molecule is COc1ccc(O[C@@H]2O[C@H](COC(=O)CCl)[C@@H](O[C@H]3O[C@H](COC(C)=O)[C@@H](O)[C@H](OCc4ccccc4)[C@H]3N=[N+]=[N-])[C@H](OCc3ccccc3)[C@H]2OC(=O)c2ccccc2)cc1. The highest BCUT2D eigenvalue weighted by Gasteiger charge is 2.55. The number of nitrogens with zero attached hydrogens (tertiary/aromatic N) is 3. The molecule has 2 aliphatic heterocycles. The maximum Gasteiger partial charge on any atom is 0.338 e.